The molecule has 9 nitrogen and oxygen atoms in total. The molecule has 3 aromatic heterocycles. The third-order valence-electron chi connectivity index (χ3n) is 6.33. The van der Waals surface area contributed by atoms with Crippen LogP contribution in [0.4, 0.5) is 25.7 Å². The van der Waals surface area contributed by atoms with Gasteiger partial charge in [0.2, 0.25) is 5.95 Å². The van der Waals surface area contributed by atoms with E-state index in [-0.39, 0.29) is 11.9 Å². The smallest absolute Gasteiger partial charge is 0.296 e. The quantitative estimate of drug-likeness (QED) is 0.430. The van der Waals surface area contributed by atoms with Crippen molar-refractivity contribution in [2.24, 2.45) is 0 Å². The summed E-state index contributed by atoms with van der Waals surface area (Å²) in [6.45, 7) is 2.48. The van der Waals surface area contributed by atoms with Crippen molar-refractivity contribution in [1.29, 1.82) is 0 Å². The summed E-state index contributed by atoms with van der Waals surface area (Å²) in [5.74, 6) is 1.07. The largest absolute Gasteiger partial charge is 0.378 e. The van der Waals surface area contributed by atoms with Gasteiger partial charge >= 0.3 is 0 Å². The molecule has 3 N–H and O–H groups in total. The molecule has 2 aliphatic rings. The molecule has 1 atom stereocenters. The number of hydrogen-bond donors (Lipinski definition) is 2. The monoisotopic (exact) mass is 498 g/mol. The number of aryl methyl sites for hydroxylation is 1. The highest BCUT2D eigenvalue weighted by Crippen LogP contribution is 2.31. The lowest BCUT2D eigenvalue weighted by atomic mass is 9.98. The van der Waals surface area contributed by atoms with E-state index in [4.69, 9.17) is 20.4 Å². The number of halogens is 2. The first-order valence-corrected chi connectivity index (χ1v) is 12.3. The molecule has 182 valence electrons. The molecular weight excluding hydrogens is 474 g/mol. The Morgan fingerprint density at radius 1 is 1.09 bits per heavy atom. The van der Waals surface area contributed by atoms with Crippen LogP contribution in [0.1, 0.15) is 29.2 Å². The number of anilines is 3. The molecule has 0 radical (unpaired) electrons. The summed E-state index contributed by atoms with van der Waals surface area (Å²) in [6.07, 6.45) is -0.319. The molecule has 1 fully saturated rings. The fraction of sp³-hybridized carbons (Fsp3) is 0.391. The first-order valence-electron chi connectivity index (χ1n) is 11.5. The summed E-state index contributed by atoms with van der Waals surface area (Å²) in [4.78, 5) is 21.3. The summed E-state index contributed by atoms with van der Waals surface area (Å²) >= 11 is 1.51. The van der Waals surface area contributed by atoms with Gasteiger partial charge in [0.15, 0.2) is 11.0 Å². The minimum absolute atomic E-state index is 0.0873. The maximum Gasteiger partial charge on any atom is 0.296 e. The van der Waals surface area contributed by atoms with Crippen LogP contribution in [0, 0.1) is 0 Å². The molecule has 0 spiro atoms. The number of nitrogens with one attached hydrogen (secondary N) is 1. The molecular formula is C23H24F2N8OS. The number of hydrogen-bond acceptors (Lipinski definition) is 9. The second-order valence-corrected chi connectivity index (χ2v) is 9.72. The van der Waals surface area contributed by atoms with Gasteiger partial charge in [-0.25, -0.2) is 18.7 Å². The van der Waals surface area contributed by atoms with E-state index >= 15 is 0 Å². The van der Waals surface area contributed by atoms with Crippen molar-refractivity contribution < 1.29 is 13.5 Å². The molecule has 1 aromatic carbocycles. The number of para-hydroxylation sites is 2. The topological polar surface area (TPSA) is 107 Å². The summed E-state index contributed by atoms with van der Waals surface area (Å²) in [5.41, 5.74) is 8.01. The number of nitrogens with zero attached hydrogens (tertiary/aromatic N) is 6. The fourth-order valence-electron chi connectivity index (χ4n) is 4.69. The van der Waals surface area contributed by atoms with Crippen molar-refractivity contribution in [1.82, 2.24) is 24.5 Å². The number of benzene rings is 1. The van der Waals surface area contributed by atoms with Gasteiger partial charge in [0.05, 0.1) is 29.9 Å². The van der Waals surface area contributed by atoms with Crippen LogP contribution in [-0.2, 0) is 17.6 Å². The van der Waals surface area contributed by atoms with E-state index in [0.717, 1.165) is 29.8 Å². The molecule has 0 bridgehead atoms. The number of ether oxygens (including phenoxy) is 1. The first-order chi connectivity index (χ1) is 17.0. The molecule has 1 unspecified atom stereocenters. The SMILES string of the molecule is Nc1nc2c(s1)CC(Nc1nc(N3CCOCC3)cc(-n3c(C(F)F)nc4ccccc43)n1)CC2. The lowest BCUT2D eigenvalue weighted by Gasteiger charge is -2.29. The molecule has 1 saturated heterocycles. The van der Waals surface area contributed by atoms with Crippen LogP contribution < -0.4 is 16.0 Å². The molecule has 4 aromatic rings. The Morgan fingerprint density at radius 2 is 1.89 bits per heavy atom. The highest BCUT2D eigenvalue weighted by molar-refractivity contribution is 7.15. The first kappa shape index (κ1) is 22.1. The lowest BCUT2D eigenvalue weighted by molar-refractivity contribution is 0.122. The van der Waals surface area contributed by atoms with Gasteiger partial charge in [-0.15, -0.1) is 11.3 Å². The maximum atomic E-state index is 14.0. The van der Waals surface area contributed by atoms with Crippen molar-refractivity contribution >= 4 is 39.3 Å². The molecule has 35 heavy (non-hydrogen) atoms. The van der Waals surface area contributed by atoms with Crippen molar-refractivity contribution in [3.8, 4) is 5.82 Å². The van der Waals surface area contributed by atoms with Crippen molar-refractivity contribution in [2.75, 3.05) is 42.3 Å². The Morgan fingerprint density at radius 3 is 2.71 bits per heavy atom. The van der Waals surface area contributed by atoms with E-state index in [1.165, 1.54) is 15.9 Å². The number of thiazole rings is 1. The molecule has 1 aliphatic carbocycles. The summed E-state index contributed by atoms with van der Waals surface area (Å²) in [5, 5.41) is 4.03. The third-order valence-corrected chi connectivity index (χ3v) is 7.28. The summed E-state index contributed by atoms with van der Waals surface area (Å²) in [6, 6.07) is 8.92. The van der Waals surface area contributed by atoms with Crippen LogP contribution in [0.2, 0.25) is 0 Å². The van der Waals surface area contributed by atoms with E-state index in [0.29, 0.717) is 60.1 Å². The zero-order valence-electron chi connectivity index (χ0n) is 18.8. The summed E-state index contributed by atoms with van der Waals surface area (Å²) in [7, 11) is 0. The normalized spacial score (nSPS) is 18.3. The Hall–Kier alpha value is -3.38. The van der Waals surface area contributed by atoms with Crippen LogP contribution in [0.3, 0.4) is 0 Å². The number of fused-ring (bicyclic) bond motifs is 2. The zero-order valence-corrected chi connectivity index (χ0v) is 19.6. The van der Waals surface area contributed by atoms with E-state index in [1.54, 1.807) is 30.3 Å². The molecule has 0 saturated carbocycles. The average molecular weight is 499 g/mol. The Labute approximate surface area is 204 Å². The minimum Gasteiger partial charge on any atom is -0.378 e. The predicted octanol–water partition coefficient (Wildman–Crippen LogP) is 3.60. The average Bonchev–Trinajstić information content (AvgIpc) is 3.44. The molecule has 1 aliphatic heterocycles. The Kier molecular flexibility index (Phi) is 5.69. The highest BCUT2D eigenvalue weighted by Gasteiger charge is 2.26. The van der Waals surface area contributed by atoms with Gasteiger partial charge in [0, 0.05) is 36.5 Å². The van der Waals surface area contributed by atoms with Crippen molar-refractivity contribution in [3.63, 3.8) is 0 Å². The number of rotatable bonds is 5. The zero-order chi connectivity index (χ0) is 23.9. The predicted molar refractivity (Wildman–Crippen MR) is 131 cm³/mol. The van der Waals surface area contributed by atoms with E-state index in [2.05, 4.69) is 20.2 Å². The summed E-state index contributed by atoms with van der Waals surface area (Å²) < 4.78 is 35.0. The Bertz CT molecular complexity index is 1370. The van der Waals surface area contributed by atoms with Gasteiger partial charge in [0.25, 0.3) is 6.43 Å². The van der Waals surface area contributed by atoms with Gasteiger partial charge in [-0.2, -0.15) is 9.97 Å². The van der Waals surface area contributed by atoms with Gasteiger partial charge in [0.1, 0.15) is 11.6 Å². The number of nitrogens with two attached hydrogens (primary N) is 1. The van der Waals surface area contributed by atoms with Crippen LogP contribution in [0.15, 0.2) is 30.3 Å². The molecule has 12 heteroatoms. The van der Waals surface area contributed by atoms with Gasteiger partial charge in [-0.05, 0) is 25.0 Å². The lowest BCUT2D eigenvalue weighted by Crippen LogP contribution is -2.37. The fourth-order valence-corrected chi connectivity index (χ4v) is 5.65. The van der Waals surface area contributed by atoms with Gasteiger partial charge in [-0.3, -0.25) is 4.57 Å². The third kappa shape index (κ3) is 4.27. The van der Waals surface area contributed by atoms with Crippen LogP contribution in [0.5, 0.6) is 0 Å². The van der Waals surface area contributed by atoms with Crippen molar-refractivity contribution in [3.05, 3.63) is 46.7 Å². The molecule has 6 rings (SSSR count). The van der Waals surface area contributed by atoms with Crippen molar-refractivity contribution in [2.45, 2.75) is 31.7 Å². The number of alkyl halides is 2. The number of morpholine rings is 1. The van der Waals surface area contributed by atoms with Crippen LogP contribution >= 0.6 is 11.3 Å². The second-order valence-electron chi connectivity index (χ2n) is 8.61. The van der Waals surface area contributed by atoms with E-state index in [9.17, 15) is 8.78 Å². The maximum absolute atomic E-state index is 14.0. The van der Waals surface area contributed by atoms with E-state index in [1.807, 2.05) is 0 Å². The molecule has 4 heterocycles. The highest BCUT2D eigenvalue weighted by atomic mass is 32.1. The van der Waals surface area contributed by atoms with Crippen LogP contribution in [0.25, 0.3) is 16.9 Å². The van der Waals surface area contributed by atoms with Gasteiger partial charge < -0.3 is 20.7 Å². The molecule has 0 amide bonds. The minimum atomic E-state index is -2.76. The standard InChI is InChI=1S/C23H24F2N8OS/c24-20(25)21-28-14-3-1-2-4-16(14)33(21)19-12-18(32-7-9-34-10-8-32)30-23(31-19)27-13-5-6-15-17(11-13)35-22(26)29-15/h1-4,12-13,20H,5-11H2,(H2,26,29)(H,27,30,31). The second kappa shape index (κ2) is 9.00. The number of aromatic nitrogens is 5. The van der Waals surface area contributed by atoms with Crippen LogP contribution in [-0.4, -0.2) is 56.8 Å². The van der Waals surface area contributed by atoms with Gasteiger partial charge in [-0.1, -0.05) is 12.1 Å². The number of nitrogen functional groups attached to an aromatic ring is 1. The number of imidazole rings is 1. The van der Waals surface area contributed by atoms with E-state index < -0.39 is 6.43 Å². The Balaban J connectivity index is 1.41.